The van der Waals surface area contributed by atoms with Gasteiger partial charge in [0.15, 0.2) is 5.96 Å². The van der Waals surface area contributed by atoms with Crippen LogP contribution in [-0.4, -0.2) is 49.6 Å². The molecule has 2 rings (SSSR count). The van der Waals surface area contributed by atoms with Gasteiger partial charge in [-0.15, -0.1) is 0 Å². The summed E-state index contributed by atoms with van der Waals surface area (Å²) in [6, 6.07) is 0.640. The molecule has 2 aliphatic rings. The van der Waals surface area contributed by atoms with Crippen LogP contribution in [-0.2, 0) is 0 Å². The minimum absolute atomic E-state index is 0.640. The normalized spacial score (nSPS) is 21.7. The fourth-order valence-electron chi connectivity index (χ4n) is 3.40. The van der Waals surface area contributed by atoms with Gasteiger partial charge in [0.05, 0.1) is 0 Å². The molecular formula is C17H34N4. The van der Waals surface area contributed by atoms with Crippen LogP contribution >= 0.6 is 0 Å². The predicted octanol–water partition coefficient (Wildman–Crippen LogP) is 2.75. The van der Waals surface area contributed by atoms with Crippen LogP contribution in [0.3, 0.4) is 0 Å². The number of hydrogen-bond acceptors (Lipinski definition) is 2. The number of rotatable bonds is 7. The Balaban J connectivity index is 1.61. The molecule has 1 saturated heterocycles. The zero-order valence-corrected chi connectivity index (χ0v) is 13.9. The van der Waals surface area contributed by atoms with Gasteiger partial charge in [-0.3, -0.25) is 4.99 Å². The second-order valence-corrected chi connectivity index (χ2v) is 6.50. The molecule has 1 aliphatic heterocycles. The lowest BCUT2D eigenvalue weighted by Crippen LogP contribution is -2.44. The van der Waals surface area contributed by atoms with Gasteiger partial charge >= 0.3 is 0 Å². The van der Waals surface area contributed by atoms with Gasteiger partial charge < -0.3 is 15.5 Å². The molecule has 122 valence electrons. The van der Waals surface area contributed by atoms with E-state index in [1.165, 1.54) is 77.4 Å². The molecule has 4 heteroatoms. The molecular weight excluding hydrogens is 260 g/mol. The molecule has 1 aliphatic carbocycles. The Morgan fingerprint density at radius 2 is 1.81 bits per heavy atom. The maximum Gasteiger partial charge on any atom is 0.191 e. The van der Waals surface area contributed by atoms with Gasteiger partial charge in [0, 0.05) is 19.1 Å². The molecule has 1 heterocycles. The van der Waals surface area contributed by atoms with E-state index in [0.29, 0.717) is 6.04 Å². The Bertz CT molecular complexity index is 291. The summed E-state index contributed by atoms with van der Waals surface area (Å²) in [5.74, 6) is 1.03. The van der Waals surface area contributed by atoms with E-state index in [2.05, 4.69) is 22.5 Å². The lowest BCUT2D eigenvalue weighted by atomic mass is 9.96. The third kappa shape index (κ3) is 6.68. The Kier molecular flexibility index (Phi) is 7.94. The summed E-state index contributed by atoms with van der Waals surface area (Å²) in [6.07, 6.45) is 12.0. The third-order valence-corrected chi connectivity index (χ3v) is 4.64. The van der Waals surface area contributed by atoms with Crippen molar-refractivity contribution in [2.75, 3.05) is 32.7 Å². The molecule has 0 spiro atoms. The molecule has 0 atom stereocenters. The molecule has 21 heavy (non-hydrogen) atoms. The number of hydrogen-bond donors (Lipinski definition) is 2. The second kappa shape index (κ2) is 10.0. The largest absolute Gasteiger partial charge is 0.357 e. The van der Waals surface area contributed by atoms with Crippen molar-refractivity contribution in [1.82, 2.24) is 15.5 Å². The molecule has 2 fully saturated rings. The van der Waals surface area contributed by atoms with E-state index in [9.17, 15) is 0 Å². The van der Waals surface area contributed by atoms with Crippen molar-refractivity contribution in [2.45, 2.75) is 70.8 Å². The Morgan fingerprint density at radius 1 is 1.05 bits per heavy atom. The second-order valence-electron chi connectivity index (χ2n) is 6.50. The van der Waals surface area contributed by atoms with Crippen LogP contribution in [0, 0.1) is 0 Å². The summed E-state index contributed by atoms with van der Waals surface area (Å²) < 4.78 is 0. The molecule has 0 unspecified atom stereocenters. The summed E-state index contributed by atoms with van der Waals surface area (Å²) in [5.41, 5.74) is 0. The highest BCUT2D eigenvalue weighted by Gasteiger charge is 2.14. The van der Waals surface area contributed by atoms with Crippen molar-refractivity contribution in [2.24, 2.45) is 4.99 Å². The van der Waals surface area contributed by atoms with E-state index >= 15 is 0 Å². The number of likely N-dealkylation sites (tertiary alicyclic amines) is 1. The summed E-state index contributed by atoms with van der Waals surface area (Å²) >= 11 is 0. The first-order chi connectivity index (χ1) is 10.4. The topological polar surface area (TPSA) is 39.7 Å². The Morgan fingerprint density at radius 3 is 2.52 bits per heavy atom. The van der Waals surface area contributed by atoms with Gasteiger partial charge in [0.25, 0.3) is 0 Å². The highest BCUT2D eigenvalue weighted by molar-refractivity contribution is 5.80. The summed E-state index contributed by atoms with van der Waals surface area (Å²) in [6.45, 7) is 7.94. The molecule has 0 aromatic rings. The van der Waals surface area contributed by atoms with Crippen LogP contribution in [0.5, 0.6) is 0 Å². The first kappa shape index (κ1) is 16.6. The predicted molar refractivity (Wildman–Crippen MR) is 90.9 cm³/mol. The smallest absolute Gasteiger partial charge is 0.191 e. The summed E-state index contributed by atoms with van der Waals surface area (Å²) in [7, 11) is 0. The van der Waals surface area contributed by atoms with E-state index in [1.807, 2.05) is 0 Å². The summed E-state index contributed by atoms with van der Waals surface area (Å²) in [5, 5.41) is 7.01. The maximum absolute atomic E-state index is 4.75. The molecule has 0 radical (unpaired) electrons. The Labute approximate surface area is 130 Å². The lowest BCUT2D eigenvalue weighted by Gasteiger charge is -2.24. The minimum Gasteiger partial charge on any atom is -0.357 e. The van der Waals surface area contributed by atoms with Gasteiger partial charge in [0.2, 0.25) is 0 Å². The van der Waals surface area contributed by atoms with Gasteiger partial charge in [-0.1, -0.05) is 19.3 Å². The fraction of sp³-hybridized carbons (Fsp3) is 0.941. The van der Waals surface area contributed by atoms with Gasteiger partial charge in [-0.25, -0.2) is 0 Å². The van der Waals surface area contributed by atoms with E-state index in [1.54, 1.807) is 0 Å². The first-order valence-electron chi connectivity index (χ1n) is 9.15. The standard InChI is InChI=1S/C17H34N4/c1-2-18-17(20-16-10-4-3-5-11-16)19-12-6-7-13-21-14-8-9-15-21/h16H,2-15H2,1H3,(H2,18,19,20). The lowest BCUT2D eigenvalue weighted by molar-refractivity contribution is 0.331. The van der Waals surface area contributed by atoms with E-state index in [0.717, 1.165) is 19.0 Å². The average molecular weight is 294 g/mol. The maximum atomic E-state index is 4.75. The fourth-order valence-corrected chi connectivity index (χ4v) is 3.40. The van der Waals surface area contributed by atoms with Crippen LogP contribution in [0.15, 0.2) is 4.99 Å². The quantitative estimate of drug-likeness (QED) is 0.431. The third-order valence-electron chi connectivity index (χ3n) is 4.64. The van der Waals surface area contributed by atoms with Crippen molar-refractivity contribution in [3.05, 3.63) is 0 Å². The monoisotopic (exact) mass is 294 g/mol. The van der Waals surface area contributed by atoms with Gasteiger partial charge in [-0.05, 0) is 65.1 Å². The van der Waals surface area contributed by atoms with Crippen LogP contribution in [0.2, 0.25) is 0 Å². The molecule has 2 N–H and O–H groups in total. The average Bonchev–Trinajstić information content (AvgIpc) is 3.01. The minimum atomic E-state index is 0.640. The molecule has 4 nitrogen and oxygen atoms in total. The van der Waals surface area contributed by atoms with Crippen LogP contribution < -0.4 is 10.6 Å². The van der Waals surface area contributed by atoms with Crippen molar-refractivity contribution >= 4 is 5.96 Å². The Hall–Kier alpha value is -0.770. The summed E-state index contributed by atoms with van der Waals surface area (Å²) in [4.78, 5) is 7.34. The van der Waals surface area contributed by atoms with Gasteiger partial charge in [-0.2, -0.15) is 0 Å². The number of aliphatic imine (C=N–C) groups is 1. The number of guanidine groups is 1. The van der Waals surface area contributed by atoms with Crippen LogP contribution in [0.25, 0.3) is 0 Å². The number of unbranched alkanes of at least 4 members (excludes halogenated alkanes) is 1. The SMILES string of the molecule is CCNC(=NCCCCN1CCCC1)NC1CCCCC1. The van der Waals surface area contributed by atoms with Crippen LogP contribution in [0.1, 0.15) is 64.7 Å². The number of nitrogens with one attached hydrogen (secondary N) is 2. The zero-order chi connectivity index (χ0) is 14.8. The van der Waals surface area contributed by atoms with Crippen molar-refractivity contribution in [3.8, 4) is 0 Å². The molecule has 0 aromatic heterocycles. The van der Waals surface area contributed by atoms with E-state index in [4.69, 9.17) is 4.99 Å². The van der Waals surface area contributed by atoms with Crippen LogP contribution in [0.4, 0.5) is 0 Å². The zero-order valence-electron chi connectivity index (χ0n) is 13.9. The van der Waals surface area contributed by atoms with Crippen molar-refractivity contribution in [1.29, 1.82) is 0 Å². The van der Waals surface area contributed by atoms with Crippen molar-refractivity contribution < 1.29 is 0 Å². The van der Waals surface area contributed by atoms with Crippen molar-refractivity contribution in [3.63, 3.8) is 0 Å². The highest BCUT2D eigenvalue weighted by Crippen LogP contribution is 2.17. The van der Waals surface area contributed by atoms with Gasteiger partial charge in [0.1, 0.15) is 0 Å². The molecule has 0 amide bonds. The molecule has 1 saturated carbocycles. The first-order valence-corrected chi connectivity index (χ1v) is 9.15. The highest BCUT2D eigenvalue weighted by atomic mass is 15.2. The molecule has 0 bridgehead atoms. The van der Waals surface area contributed by atoms with E-state index in [-0.39, 0.29) is 0 Å². The molecule has 0 aromatic carbocycles. The van der Waals surface area contributed by atoms with E-state index < -0.39 is 0 Å². The number of nitrogens with zero attached hydrogens (tertiary/aromatic N) is 2.